The molecule has 7 nitrogen and oxygen atoms in total. The highest BCUT2D eigenvalue weighted by Crippen LogP contribution is 2.31. The lowest BCUT2D eigenvalue weighted by Gasteiger charge is -2.26. The van der Waals surface area contributed by atoms with Crippen LogP contribution in [0.3, 0.4) is 0 Å². The van der Waals surface area contributed by atoms with Gasteiger partial charge < -0.3 is 16.0 Å². The van der Waals surface area contributed by atoms with Crippen LogP contribution in [-0.2, 0) is 6.42 Å². The van der Waals surface area contributed by atoms with Crippen molar-refractivity contribution in [3.05, 3.63) is 74.1 Å². The number of nitrogens with one attached hydrogen (secondary N) is 2. The second kappa shape index (κ2) is 7.63. The minimum absolute atomic E-state index is 0.0924. The first-order valence-corrected chi connectivity index (χ1v) is 10.2. The lowest BCUT2D eigenvalue weighted by molar-refractivity contribution is 0.0935. The van der Waals surface area contributed by atoms with Crippen molar-refractivity contribution < 1.29 is 9.59 Å². The number of aromatic amines is 1. The first-order chi connectivity index (χ1) is 13.9. The Labute approximate surface area is 171 Å². The third kappa shape index (κ3) is 3.71. The van der Waals surface area contributed by atoms with Crippen LogP contribution in [0, 0.1) is 6.92 Å². The number of primary amides is 1. The van der Waals surface area contributed by atoms with Crippen LogP contribution in [0.25, 0.3) is 10.6 Å². The molecule has 0 fully saturated rings. The van der Waals surface area contributed by atoms with Crippen LogP contribution in [0.5, 0.6) is 0 Å². The Morgan fingerprint density at radius 2 is 2.03 bits per heavy atom. The van der Waals surface area contributed by atoms with Crippen molar-refractivity contribution in [2.45, 2.75) is 32.2 Å². The Kier molecular flexibility index (Phi) is 5.02. The topological polar surface area (TPSA) is 118 Å². The van der Waals surface area contributed by atoms with Gasteiger partial charge in [0.05, 0.1) is 11.7 Å². The summed E-state index contributed by atoms with van der Waals surface area (Å²) in [5.41, 5.74) is 7.84. The molecule has 4 N–H and O–H groups in total. The molecular formula is C21H20N4O3S. The predicted molar refractivity (Wildman–Crippen MR) is 111 cm³/mol. The Morgan fingerprint density at radius 3 is 2.76 bits per heavy atom. The standard InChI is InChI=1S/C21H20N4O3S/c1-11-17(29-21(23-11)12-6-3-2-4-7-12)20(28)25-16-9-5-8-15-13(16)10-14(18(22)26)19(27)24-15/h2-4,6-7,10,16H,5,8-9H2,1H3,(H2,22,26)(H,24,27)(H,25,28). The minimum Gasteiger partial charge on any atom is -0.365 e. The van der Waals surface area contributed by atoms with E-state index in [1.54, 1.807) is 0 Å². The molecule has 0 radical (unpaired) electrons. The number of nitrogens with zero attached hydrogens (tertiary/aromatic N) is 1. The molecule has 0 saturated carbocycles. The average Bonchev–Trinajstić information content (AvgIpc) is 3.10. The van der Waals surface area contributed by atoms with Crippen molar-refractivity contribution in [2.24, 2.45) is 5.73 Å². The first-order valence-electron chi connectivity index (χ1n) is 9.33. The van der Waals surface area contributed by atoms with E-state index >= 15 is 0 Å². The lowest BCUT2D eigenvalue weighted by atomic mass is 9.90. The van der Waals surface area contributed by atoms with Crippen LogP contribution < -0.4 is 16.6 Å². The van der Waals surface area contributed by atoms with Gasteiger partial charge >= 0.3 is 0 Å². The molecule has 1 aliphatic rings. The maximum atomic E-state index is 13.0. The highest BCUT2D eigenvalue weighted by atomic mass is 32.1. The molecule has 4 rings (SSSR count). The Bertz CT molecular complexity index is 1150. The number of aryl methyl sites for hydroxylation is 2. The number of hydrogen-bond acceptors (Lipinski definition) is 5. The summed E-state index contributed by atoms with van der Waals surface area (Å²) < 4.78 is 0. The minimum atomic E-state index is -0.782. The molecule has 1 aromatic carbocycles. The normalized spacial score (nSPS) is 15.6. The zero-order chi connectivity index (χ0) is 20.5. The second-order valence-electron chi connectivity index (χ2n) is 7.03. The third-order valence-corrected chi connectivity index (χ3v) is 6.25. The molecule has 1 unspecified atom stereocenters. The van der Waals surface area contributed by atoms with Crippen molar-refractivity contribution in [3.8, 4) is 10.6 Å². The van der Waals surface area contributed by atoms with Gasteiger partial charge in [0, 0.05) is 11.3 Å². The number of carbonyl (C=O) groups is 2. The number of H-pyrrole nitrogens is 1. The Morgan fingerprint density at radius 1 is 1.28 bits per heavy atom. The number of rotatable bonds is 4. The maximum Gasteiger partial charge on any atom is 0.263 e. The number of fused-ring (bicyclic) bond motifs is 1. The van der Waals surface area contributed by atoms with Gasteiger partial charge in [-0.2, -0.15) is 0 Å². The number of thiazole rings is 1. The van der Waals surface area contributed by atoms with Crippen LogP contribution in [-0.4, -0.2) is 21.8 Å². The van der Waals surface area contributed by atoms with Gasteiger partial charge in [-0.1, -0.05) is 30.3 Å². The van der Waals surface area contributed by atoms with E-state index in [0.29, 0.717) is 23.4 Å². The van der Waals surface area contributed by atoms with Crippen molar-refractivity contribution in [2.75, 3.05) is 0 Å². The van der Waals surface area contributed by atoms with Gasteiger partial charge in [0.2, 0.25) is 0 Å². The molecule has 1 aliphatic carbocycles. The maximum absolute atomic E-state index is 13.0. The van der Waals surface area contributed by atoms with Crippen molar-refractivity contribution in [3.63, 3.8) is 0 Å². The number of hydrogen-bond donors (Lipinski definition) is 3. The summed E-state index contributed by atoms with van der Waals surface area (Å²) in [5.74, 6) is -0.998. The summed E-state index contributed by atoms with van der Waals surface area (Å²) in [7, 11) is 0. The molecule has 29 heavy (non-hydrogen) atoms. The number of carbonyl (C=O) groups excluding carboxylic acids is 2. The van der Waals surface area contributed by atoms with Gasteiger partial charge in [0.15, 0.2) is 0 Å². The highest BCUT2D eigenvalue weighted by molar-refractivity contribution is 7.17. The van der Waals surface area contributed by atoms with Gasteiger partial charge in [0.25, 0.3) is 17.4 Å². The van der Waals surface area contributed by atoms with E-state index < -0.39 is 11.5 Å². The van der Waals surface area contributed by atoms with Crippen molar-refractivity contribution in [1.82, 2.24) is 15.3 Å². The average molecular weight is 408 g/mol. The summed E-state index contributed by atoms with van der Waals surface area (Å²) in [6.07, 6.45) is 2.22. The highest BCUT2D eigenvalue weighted by Gasteiger charge is 2.26. The van der Waals surface area contributed by atoms with Gasteiger partial charge in [0.1, 0.15) is 15.4 Å². The zero-order valence-electron chi connectivity index (χ0n) is 15.8. The zero-order valence-corrected chi connectivity index (χ0v) is 16.6. The summed E-state index contributed by atoms with van der Waals surface area (Å²) in [4.78, 5) is 44.4. The summed E-state index contributed by atoms with van der Waals surface area (Å²) >= 11 is 1.35. The van der Waals surface area contributed by atoms with Crippen LogP contribution in [0.1, 0.15) is 55.9 Å². The molecule has 0 bridgehead atoms. The van der Waals surface area contributed by atoms with Gasteiger partial charge in [-0.3, -0.25) is 14.4 Å². The van der Waals surface area contributed by atoms with Gasteiger partial charge in [-0.15, -0.1) is 11.3 Å². The molecule has 2 heterocycles. The van der Waals surface area contributed by atoms with E-state index in [-0.39, 0.29) is 17.5 Å². The molecule has 8 heteroatoms. The number of pyridine rings is 1. The van der Waals surface area contributed by atoms with E-state index in [1.807, 2.05) is 37.3 Å². The van der Waals surface area contributed by atoms with Crippen LogP contribution in [0.4, 0.5) is 0 Å². The summed E-state index contributed by atoms with van der Waals surface area (Å²) in [6, 6.07) is 10.9. The van der Waals surface area contributed by atoms with E-state index in [0.717, 1.165) is 28.2 Å². The second-order valence-corrected chi connectivity index (χ2v) is 8.03. The fraction of sp³-hybridized carbons (Fsp3) is 0.238. The molecule has 2 amide bonds. The number of aromatic nitrogens is 2. The molecule has 0 saturated heterocycles. The summed E-state index contributed by atoms with van der Waals surface area (Å²) in [5, 5.41) is 3.83. The first kappa shape index (κ1) is 19.1. The van der Waals surface area contributed by atoms with E-state index in [2.05, 4.69) is 15.3 Å². The number of nitrogens with two attached hydrogens (primary N) is 1. The molecule has 3 aromatic rings. The molecular weight excluding hydrogens is 388 g/mol. The molecule has 0 aliphatic heterocycles. The third-order valence-electron chi connectivity index (χ3n) is 5.05. The fourth-order valence-electron chi connectivity index (χ4n) is 3.61. The van der Waals surface area contributed by atoms with Crippen molar-refractivity contribution in [1.29, 1.82) is 0 Å². The molecule has 0 spiro atoms. The van der Waals surface area contributed by atoms with Crippen LogP contribution in [0.15, 0.2) is 41.2 Å². The predicted octanol–water partition coefficient (Wildman–Crippen LogP) is 2.71. The van der Waals surface area contributed by atoms with Crippen molar-refractivity contribution >= 4 is 23.2 Å². The number of amides is 2. The van der Waals surface area contributed by atoms with Crippen LogP contribution >= 0.6 is 11.3 Å². The smallest absolute Gasteiger partial charge is 0.263 e. The van der Waals surface area contributed by atoms with Gasteiger partial charge in [-0.25, -0.2) is 4.98 Å². The van der Waals surface area contributed by atoms with Gasteiger partial charge in [-0.05, 0) is 37.8 Å². The van der Waals surface area contributed by atoms with E-state index in [1.165, 1.54) is 17.4 Å². The molecule has 2 aromatic heterocycles. The van der Waals surface area contributed by atoms with E-state index in [4.69, 9.17) is 5.73 Å². The number of benzene rings is 1. The quantitative estimate of drug-likeness (QED) is 0.615. The molecule has 148 valence electrons. The fourth-order valence-corrected chi connectivity index (χ4v) is 4.58. The Balaban J connectivity index is 1.62. The summed E-state index contributed by atoms with van der Waals surface area (Å²) in [6.45, 7) is 1.81. The molecule has 1 atom stereocenters. The van der Waals surface area contributed by atoms with Crippen LogP contribution in [0.2, 0.25) is 0 Å². The lowest BCUT2D eigenvalue weighted by Crippen LogP contribution is -2.34. The Hall–Kier alpha value is -3.26. The largest absolute Gasteiger partial charge is 0.365 e. The monoisotopic (exact) mass is 408 g/mol. The van der Waals surface area contributed by atoms with E-state index in [9.17, 15) is 14.4 Å². The SMILES string of the molecule is Cc1nc(-c2ccccc2)sc1C(=O)NC1CCCc2[nH]c(=O)c(C(N)=O)cc21.